The van der Waals surface area contributed by atoms with Gasteiger partial charge in [-0.15, -0.1) is 0 Å². The molecule has 11 heteroatoms. The zero-order valence-corrected chi connectivity index (χ0v) is 19.8. The third-order valence-electron chi connectivity index (χ3n) is 6.12. The van der Waals surface area contributed by atoms with Gasteiger partial charge in [0.1, 0.15) is 13.1 Å². The van der Waals surface area contributed by atoms with Crippen LogP contribution in [0.1, 0.15) is 12.5 Å². The Morgan fingerprint density at radius 3 is 2.58 bits per heavy atom. The van der Waals surface area contributed by atoms with Crippen LogP contribution in [0.25, 0.3) is 0 Å². The van der Waals surface area contributed by atoms with Crippen molar-refractivity contribution in [2.24, 2.45) is 4.99 Å². The van der Waals surface area contributed by atoms with E-state index in [2.05, 4.69) is 4.90 Å². The average Bonchev–Trinajstić information content (AvgIpc) is 3.15. The molecule has 0 spiro atoms. The summed E-state index contributed by atoms with van der Waals surface area (Å²) in [7, 11) is 3.12. The minimum atomic E-state index is -0.674. The molecule has 2 saturated heterocycles. The zero-order chi connectivity index (χ0) is 23.7. The number of amides is 4. The van der Waals surface area contributed by atoms with Gasteiger partial charge >= 0.3 is 18.0 Å². The van der Waals surface area contributed by atoms with Gasteiger partial charge in [0.05, 0.1) is 6.61 Å². The number of hydrogen-bond acceptors (Lipinski definition) is 6. The minimum Gasteiger partial charge on any atom is -0.450 e. The number of nitrogens with zero attached hydrogens (tertiary/aromatic N) is 6. The summed E-state index contributed by atoms with van der Waals surface area (Å²) in [4.78, 5) is 48.8. The number of ether oxygens (including phenoxy) is 1. The first kappa shape index (κ1) is 23.2. The molecule has 0 saturated carbocycles. The quantitative estimate of drug-likeness (QED) is 0.599. The lowest BCUT2D eigenvalue weighted by atomic mass is 10.1. The van der Waals surface area contributed by atoms with E-state index in [9.17, 15) is 14.4 Å². The summed E-state index contributed by atoms with van der Waals surface area (Å²) in [6, 6.07) is 6.41. The molecule has 1 atom stereocenters. The number of rotatable bonds is 5. The van der Waals surface area contributed by atoms with Crippen LogP contribution in [0.5, 0.6) is 0 Å². The Balaban J connectivity index is 1.59. The van der Waals surface area contributed by atoms with Gasteiger partial charge in [0.2, 0.25) is 0 Å². The van der Waals surface area contributed by atoms with E-state index in [0.717, 1.165) is 10.5 Å². The van der Waals surface area contributed by atoms with Gasteiger partial charge in [0, 0.05) is 45.3 Å². The van der Waals surface area contributed by atoms with Crippen molar-refractivity contribution in [2.75, 3.05) is 53.4 Å². The fourth-order valence-electron chi connectivity index (χ4n) is 4.29. The molecule has 1 unspecified atom stereocenters. The lowest BCUT2D eigenvalue weighted by Crippen LogP contribution is -2.61. The van der Waals surface area contributed by atoms with Crippen LogP contribution in [0.3, 0.4) is 0 Å². The van der Waals surface area contributed by atoms with Crippen LogP contribution in [-0.4, -0.2) is 113 Å². The Labute approximate surface area is 197 Å². The van der Waals surface area contributed by atoms with Gasteiger partial charge in [-0.05, 0) is 29.6 Å². The highest BCUT2D eigenvalue weighted by atomic mass is 35.5. The molecule has 4 amide bonds. The maximum Gasteiger partial charge on any atom is 0.409 e. The lowest BCUT2D eigenvalue weighted by Gasteiger charge is -2.33. The first-order chi connectivity index (χ1) is 15.8. The van der Waals surface area contributed by atoms with Gasteiger partial charge in [0.15, 0.2) is 0 Å². The second-order valence-corrected chi connectivity index (χ2v) is 8.68. The molecule has 1 aromatic carbocycles. The molecule has 10 nitrogen and oxygen atoms in total. The van der Waals surface area contributed by atoms with Gasteiger partial charge in [-0.25, -0.2) is 14.2 Å². The van der Waals surface area contributed by atoms with Crippen molar-refractivity contribution in [3.8, 4) is 0 Å². The molecule has 0 aliphatic carbocycles. The van der Waals surface area contributed by atoms with Crippen LogP contribution in [-0.2, 0) is 16.1 Å². The molecule has 3 aliphatic heterocycles. The van der Waals surface area contributed by atoms with E-state index in [0.29, 0.717) is 62.6 Å². The summed E-state index contributed by atoms with van der Waals surface area (Å²) in [5.41, 5.74) is 0.943. The number of benzene rings is 1. The highest BCUT2D eigenvalue weighted by Crippen LogP contribution is 2.22. The third kappa shape index (κ3) is 4.58. The van der Waals surface area contributed by atoms with Gasteiger partial charge in [-0.1, -0.05) is 23.7 Å². The predicted octanol–water partition coefficient (Wildman–Crippen LogP) is 1.33. The number of fused-ring (bicyclic) bond motifs is 1. The molecule has 3 aliphatic rings. The monoisotopic (exact) mass is 475 g/mol. The molecule has 176 valence electrons. The largest absolute Gasteiger partial charge is 0.450 e. The van der Waals surface area contributed by atoms with Crippen molar-refractivity contribution in [3.63, 3.8) is 0 Å². The molecule has 33 heavy (non-hydrogen) atoms. The van der Waals surface area contributed by atoms with Crippen molar-refractivity contribution in [2.45, 2.75) is 19.5 Å². The molecule has 1 aromatic rings. The number of likely N-dealkylation sites (N-methyl/N-ethyl adjacent to an activating group) is 2. The van der Waals surface area contributed by atoms with Crippen molar-refractivity contribution in [3.05, 3.63) is 34.9 Å². The summed E-state index contributed by atoms with van der Waals surface area (Å²) in [5, 5.41) is 0.615. The Morgan fingerprint density at radius 2 is 1.91 bits per heavy atom. The molecule has 2 fully saturated rings. The number of amidine groups is 2. The van der Waals surface area contributed by atoms with Crippen LogP contribution in [0, 0.1) is 0 Å². The predicted molar refractivity (Wildman–Crippen MR) is 123 cm³/mol. The van der Waals surface area contributed by atoms with Crippen molar-refractivity contribution < 1.29 is 23.7 Å². The molecular weight excluding hydrogens is 448 g/mol. The van der Waals surface area contributed by atoms with Gasteiger partial charge in [0.25, 0.3) is 17.8 Å². The second kappa shape index (κ2) is 9.48. The average molecular weight is 476 g/mol. The zero-order valence-electron chi connectivity index (χ0n) is 19.0. The van der Waals surface area contributed by atoms with E-state index in [4.69, 9.17) is 21.3 Å². The molecule has 3 heterocycles. The van der Waals surface area contributed by atoms with E-state index in [-0.39, 0.29) is 12.0 Å². The molecule has 4 rings (SSSR count). The second-order valence-electron chi connectivity index (χ2n) is 8.25. The standard InChI is InChI=1S/C22H28ClN6O4/c1-4-33-22(32)28-10-8-27(9-11-28)14-17-24-19-18(20(30)26(3)21(31)25(19)2)29(17)13-15-6-5-7-16(23)12-15/h5-7,12,18H,4,8-11,13-14H2,1-3H3/q+1. The minimum absolute atomic E-state index is 0.298. The summed E-state index contributed by atoms with van der Waals surface area (Å²) >= 11 is 6.18. The Bertz CT molecular complexity index is 1030. The van der Waals surface area contributed by atoms with Gasteiger partial charge in [-0.3, -0.25) is 19.5 Å². The van der Waals surface area contributed by atoms with E-state index in [1.807, 2.05) is 22.8 Å². The topological polar surface area (TPSA) is 88.8 Å². The summed E-state index contributed by atoms with van der Waals surface area (Å²) in [6.45, 7) is 5.49. The van der Waals surface area contributed by atoms with Crippen LogP contribution < -0.4 is 0 Å². The fraction of sp³-hybridized carbons (Fsp3) is 0.500. The molecule has 0 aromatic heterocycles. The fourth-order valence-corrected chi connectivity index (χ4v) is 4.51. The van der Waals surface area contributed by atoms with Crippen LogP contribution in [0.4, 0.5) is 9.59 Å². The normalized spacial score (nSPS) is 21.5. The number of imide groups is 1. The van der Waals surface area contributed by atoms with E-state index in [1.165, 1.54) is 11.9 Å². The van der Waals surface area contributed by atoms with Crippen molar-refractivity contribution in [1.82, 2.24) is 19.6 Å². The maximum atomic E-state index is 13.1. The lowest BCUT2D eigenvalue weighted by molar-refractivity contribution is -0.552. The Kier molecular flexibility index (Phi) is 6.66. The molecular formula is C22H28ClN6O4+. The summed E-state index contributed by atoms with van der Waals surface area (Å²) in [6.07, 6.45) is -0.298. The van der Waals surface area contributed by atoms with Crippen LogP contribution in [0.15, 0.2) is 29.3 Å². The van der Waals surface area contributed by atoms with Crippen LogP contribution >= 0.6 is 11.6 Å². The highest BCUT2D eigenvalue weighted by molar-refractivity contribution is 6.30. The Hall–Kier alpha value is -2.98. The first-order valence-electron chi connectivity index (χ1n) is 10.9. The third-order valence-corrected chi connectivity index (χ3v) is 6.35. The number of aliphatic imine (C=N–C) groups is 1. The van der Waals surface area contributed by atoms with Gasteiger partial charge < -0.3 is 9.64 Å². The SMILES string of the molecule is CCOC(=O)N1CCN(CC2=[N+](Cc3cccc(Cl)c3)C3C(=O)N(C)C(=O)N(C)C3=N2)CC1. The number of halogens is 1. The van der Waals surface area contributed by atoms with E-state index >= 15 is 0 Å². The molecule has 0 radical (unpaired) electrons. The summed E-state index contributed by atoms with van der Waals surface area (Å²) in [5.74, 6) is 0.842. The highest BCUT2D eigenvalue weighted by Gasteiger charge is 2.53. The van der Waals surface area contributed by atoms with Crippen molar-refractivity contribution >= 4 is 41.3 Å². The number of urea groups is 1. The van der Waals surface area contributed by atoms with E-state index < -0.39 is 12.1 Å². The molecule has 0 bridgehead atoms. The number of carbonyl (C=O) groups excluding carboxylic acids is 3. The Morgan fingerprint density at radius 1 is 1.18 bits per heavy atom. The van der Waals surface area contributed by atoms with Crippen molar-refractivity contribution in [1.29, 1.82) is 0 Å². The maximum absolute atomic E-state index is 13.1. The number of carbonyl (C=O) groups is 3. The molecule has 0 N–H and O–H groups in total. The van der Waals surface area contributed by atoms with E-state index in [1.54, 1.807) is 24.9 Å². The first-order valence-corrected chi connectivity index (χ1v) is 11.3. The smallest absolute Gasteiger partial charge is 0.409 e. The number of hydrogen-bond donors (Lipinski definition) is 0. The van der Waals surface area contributed by atoms with Crippen LogP contribution in [0.2, 0.25) is 5.02 Å². The van der Waals surface area contributed by atoms with Gasteiger partial charge in [-0.2, -0.15) is 0 Å². The summed E-state index contributed by atoms with van der Waals surface area (Å²) < 4.78 is 7.04. The number of piperazine rings is 1.